The van der Waals surface area contributed by atoms with Crippen molar-refractivity contribution in [3.63, 3.8) is 0 Å². The Morgan fingerprint density at radius 3 is 2.85 bits per heavy atom. The molecule has 20 heavy (non-hydrogen) atoms. The van der Waals surface area contributed by atoms with Crippen LogP contribution in [0.2, 0.25) is 0 Å². The standard InChI is InChI=1S/C15H19BrFN3/c1-3-8-18-14(11-6-5-7-12(17)9-11)15-13(16)10-19-20(15)4-2/h5-7,9-10,14,18H,3-4,8H2,1-2H3. The average molecular weight is 340 g/mol. The summed E-state index contributed by atoms with van der Waals surface area (Å²) in [7, 11) is 0. The van der Waals surface area contributed by atoms with Crippen molar-refractivity contribution in [2.24, 2.45) is 0 Å². The zero-order valence-corrected chi connectivity index (χ0v) is 13.3. The van der Waals surface area contributed by atoms with Crippen molar-refractivity contribution in [2.75, 3.05) is 6.54 Å². The fourth-order valence-corrected chi connectivity index (χ4v) is 2.78. The molecule has 1 heterocycles. The highest BCUT2D eigenvalue weighted by atomic mass is 79.9. The number of hydrogen-bond acceptors (Lipinski definition) is 2. The molecule has 0 saturated carbocycles. The molecule has 1 aromatic carbocycles. The predicted octanol–water partition coefficient (Wildman–Crippen LogP) is 3.89. The van der Waals surface area contributed by atoms with Crippen LogP contribution in [0.15, 0.2) is 34.9 Å². The summed E-state index contributed by atoms with van der Waals surface area (Å²) in [4.78, 5) is 0. The van der Waals surface area contributed by atoms with Gasteiger partial charge in [-0.15, -0.1) is 0 Å². The third kappa shape index (κ3) is 3.27. The Bertz CT molecular complexity index is 568. The van der Waals surface area contributed by atoms with E-state index in [4.69, 9.17) is 0 Å². The lowest BCUT2D eigenvalue weighted by Gasteiger charge is -2.21. The van der Waals surface area contributed by atoms with Gasteiger partial charge in [0, 0.05) is 6.54 Å². The molecule has 1 N–H and O–H groups in total. The molecule has 1 unspecified atom stereocenters. The van der Waals surface area contributed by atoms with Crippen molar-refractivity contribution >= 4 is 15.9 Å². The quantitative estimate of drug-likeness (QED) is 0.865. The lowest BCUT2D eigenvalue weighted by molar-refractivity contribution is 0.525. The van der Waals surface area contributed by atoms with E-state index in [1.54, 1.807) is 18.3 Å². The Morgan fingerprint density at radius 2 is 2.20 bits per heavy atom. The second-order valence-corrected chi connectivity index (χ2v) is 5.49. The van der Waals surface area contributed by atoms with Crippen molar-refractivity contribution in [2.45, 2.75) is 32.9 Å². The highest BCUT2D eigenvalue weighted by Gasteiger charge is 2.21. The molecular weight excluding hydrogens is 321 g/mol. The fraction of sp³-hybridized carbons (Fsp3) is 0.400. The van der Waals surface area contributed by atoms with Gasteiger partial charge in [0.2, 0.25) is 0 Å². The maximum absolute atomic E-state index is 13.5. The Morgan fingerprint density at radius 1 is 1.40 bits per heavy atom. The zero-order valence-electron chi connectivity index (χ0n) is 11.7. The van der Waals surface area contributed by atoms with E-state index >= 15 is 0 Å². The summed E-state index contributed by atoms with van der Waals surface area (Å²) >= 11 is 3.55. The van der Waals surface area contributed by atoms with E-state index in [-0.39, 0.29) is 11.9 Å². The smallest absolute Gasteiger partial charge is 0.123 e. The van der Waals surface area contributed by atoms with E-state index in [1.807, 2.05) is 17.7 Å². The molecule has 0 bridgehead atoms. The SMILES string of the molecule is CCCNC(c1cccc(F)c1)c1c(Br)cnn1CC. The number of hydrogen-bond donors (Lipinski definition) is 1. The van der Waals surface area contributed by atoms with Crippen LogP contribution in [0.1, 0.15) is 37.6 Å². The van der Waals surface area contributed by atoms with Crippen LogP contribution in [-0.2, 0) is 6.54 Å². The minimum atomic E-state index is -0.218. The molecule has 2 aromatic rings. The third-order valence-corrected chi connectivity index (χ3v) is 3.80. The Labute approximate surface area is 127 Å². The van der Waals surface area contributed by atoms with Crippen molar-refractivity contribution in [3.8, 4) is 0 Å². The summed E-state index contributed by atoms with van der Waals surface area (Å²) in [6.45, 7) is 5.80. The minimum Gasteiger partial charge on any atom is -0.305 e. The van der Waals surface area contributed by atoms with Gasteiger partial charge in [-0.2, -0.15) is 5.10 Å². The van der Waals surface area contributed by atoms with E-state index in [1.165, 1.54) is 6.07 Å². The molecule has 3 nitrogen and oxygen atoms in total. The second kappa shape index (κ2) is 6.99. The molecular formula is C15H19BrFN3. The van der Waals surface area contributed by atoms with Gasteiger partial charge in [0.1, 0.15) is 5.82 Å². The number of nitrogens with zero attached hydrogens (tertiary/aromatic N) is 2. The topological polar surface area (TPSA) is 29.9 Å². The molecule has 0 aliphatic heterocycles. The molecule has 0 radical (unpaired) electrons. The van der Waals surface area contributed by atoms with Gasteiger partial charge in [0.05, 0.1) is 22.4 Å². The highest BCUT2D eigenvalue weighted by molar-refractivity contribution is 9.10. The van der Waals surface area contributed by atoms with Crippen LogP contribution in [0.3, 0.4) is 0 Å². The van der Waals surface area contributed by atoms with Gasteiger partial charge in [-0.05, 0) is 53.5 Å². The van der Waals surface area contributed by atoms with Gasteiger partial charge in [0.25, 0.3) is 0 Å². The van der Waals surface area contributed by atoms with Gasteiger partial charge >= 0.3 is 0 Å². The largest absolute Gasteiger partial charge is 0.305 e. The number of aromatic nitrogens is 2. The van der Waals surface area contributed by atoms with Gasteiger partial charge in [-0.3, -0.25) is 4.68 Å². The van der Waals surface area contributed by atoms with Crippen LogP contribution in [0.4, 0.5) is 4.39 Å². The normalized spacial score (nSPS) is 12.6. The summed E-state index contributed by atoms with van der Waals surface area (Å²) < 4.78 is 16.4. The average Bonchev–Trinajstić information content (AvgIpc) is 2.81. The van der Waals surface area contributed by atoms with Crippen LogP contribution >= 0.6 is 15.9 Å². The summed E-state index contributed by atoms with van der Waals surface area (Å²) in [6.07, 6.45) is 2.81. The molecule has 0 aliphatic rings. The zero-order chi connectivity index (χ0) is 14.5. The number of benzene rings is 1. The number of rotatable bonds is 6. The van der Waals surface area contributed by atoms with Gasteiger partial charge in [-0.25, -0.2) is 4.39 Å². The molecule has 0 amide bonds. The minimum absolute atomic E-state index is 0.0672. The molecule has 1 atom stereocenters. The van der Waals surface area contributed by atoms with E-state index in [0.717, 1.165) is 35.2 Å². The Balaban J connectivity index is 2.44. The van der Waals surface area contributed by atoms with E-state index < -0.39 is 0 Å². The maximum Gasteiger partial charge on any atom is 0.123 e. The molecule has 0 spiro atoms. The van der Waals surface area contributed by atoms with Crippen LogP contribution < -0.4 is 5.32 Å². The highest BCUT2D eigenvalue weighted by Crippen LogP contribution is 2.29. The molecule has 108 valence electrons. The monoisotopic (exact) mass is 339 g/mol. The lowest BCUT2D eigenvalue weighted by Crippen LogP contribution is -2.26. The van der Waals surface area contributed by atoms with Gasteiger partial charge in [-0.1, -0.05) is 19.1 Å². The fourth-order valence-electron chi connectivity index (χ4n) is 2.26. The predicted molar refractivity (Wildman–Crippen MR) is 82.1 cm³/mol. The molecule has 0 aliphatic carbocycles. The summed E-state index contributed by atoms with van der Waals surface area (Å²) in [5, 5.41) is 7.82. The number of nitrogens with one attached hydrogen (secondary N) is 1. The number of halogens is 2. The van der Waals surface area contributed by atoms with Crippen molar-refractivity contribution < 1.29 is 4.39 Å². The van der Waals surface area contributed by atoms with E-state index in [9.17, 15) is 4.39 Å². The molecule has 0 fully saturated rings. The van der Waals surface area contributed by atoms with E-state index in [0.29, 0.717) is 0 Å². The summed E-state index contributed by atoms with van der Waals surface area (Å²) in [5.41, 5.74) is 1.95. The molecule has 5 heteroatoms. The summed E-state index contributed by atoms with van der Waals surface area (Å²) in [5.74, 6) is -0.218. The Kier molecular flexibility index (Phi) is 5.31. The van der Waals surface area contributed by atoms with Crippen molar-refractivity contribution in [1.29, 1.82) is 0 Å². The maximum atomic E-state index is 13.5. The van der Waals surface area contributed by atoms with Crippen LogP contribution in [-0.4, -0.2) is 16.3 Å². The first-order chi connectivity index (χ1) is 9.67. The number of aryl methyl sites for hydroxylation is 1. The first kappa shape index (κ1) is 15.2. The van der Waals surface area contributed by atoms with E-state index in [2.05, 4.69) is 33.3 Å². The third-order valence-electron chi connectivity index (χ3n) is 3.19. The molecule has 1 aromatic heterocycles. The lowest BCUT2D eigenvalue weighted by atomic mass is 10.0. The van der Waals surface area contributed by atoms with Crippen LogP contribution in [0, 0.1) is 5.82 Å². The van der Waals surface area contributed by atoms with Crippen LogP contribution in [0.5, 0.6) is 0 Å². The van der Waals surface area contributed by atoms with Gasteiger partial charge in [0.15, 0.2) is 0 Å². The van der Waals surface area contributed by atoms with Crippen LogP contribution in [0.25, 0.3) is 0 Å². The first-order valence-corrected chi connectivity index (χ1v) is 7.66. The first-order valence-electron chi connectivity index (χ1n) is 6.87. The summed E-state index contributed by atoms with van der Waals surface area (Å²) in [6, 6.07) is 6.66. The molecule has 2 rings (SSSR count). The molecule has 0 saturated heterocycles. The van der Waals surface area contributed by atoms with Gasteiger partial charge < -0.3 is 5.32 Å². The van der Waals surface area contributed by atoms with Crippen molar-refractivity contribution in [3.05, 3.63) is 52.0 Å². The Hall–Kier alpha value is -1.20. The van der Waals surface area contributed by atoms with Crippen molar-refractivity contribution in [1.82, 2.24) is 15.1 Å². The second-order valence-electron chi connectivity index (χ2n) is 4.64.